The molecule has 0 aliphatic rings. The van der Waals surface area contributed by atoms with Crippen LogP contribution in [0, 0.1) is 0 Å². The average Bonchev–Trinajstić information content (AvgIpc) is 2.28. The van der Waals surface area contributed by atoms with E-state index in [4.69, 9.17) is 5.11 Å². The minimum absolute atomic E-state index is 0.00720. The highest BCUT2D eigenvalue weighted by atomic mass is 79.9. The molecule has 0 atom stereocenters. The van der Waals surface area contributed by atoms with Gasteiger partial charge in [-0.15, -0.1) is 0 Å². The van der Waals surface area contributed by atoms with E-state index in [1.807, 2.05) is 5.32 Å². The number of rotatable bonds is 3. The van der Waals surface area contributed by atoms with E-state index in [0.29, 0.717) is 0 Å². The van der Waals surface area contributed by atoms with Gasteiger partial charge in [-0.25, -0.2) is 9.59 Å². The van der Waals surface area contributed by atoms with E-state index in [1.54, 1.807) is 0 Å². The number of carbonyl (C=O) groups is 2. The van der Waals surface area contributed by atoms with Crippen LogP contribution in [-0.2, 0) is 4.74 Å². The number of anilines is 1. The fraction of sp³-hybridized carbons (Fsp3) is 0.200. The standard InChI is InChI=1S/C10H7BrF3NO4/c11-7-2-1-5(3-6(7)8(16)17)15-9(18)19-4-10(12,13)14/h1-3H,4H2,(H,15,18)(H,16,17). The van der Waals surface area contributed by atoms with Gasteiger partial charge in [0.25, 0.3) is 0 Å². The number of alkyl halides is 3. The largest absolute Gasteiger partial charge is 0.478 e. The molecule has 2 N–H and O–H groups in total. The zero-order chi connectivity index (χ0) is 14.6. The van der Waals surface area contributed by atoms with E-state index in [2.05, 4.69) is 20.7 Å². The summed E-state index contributed by atoms with van der Waals surface area (Å²) in [5, 5.41) is 10.8. The van der Waals surface area contributed by atoms with Gasteiger partial charge in [0.05, 0.1) is 5.56 Å². The van der Waals surface area contributed by atoms with Gasteiger partial charge in [-0.3, -0.25) is 5.32 Å². The molecule has 0 aromatic heterocycles. The molecule has 0 fully saturated rings. The molecule has 0 saturated carbocycles. The lowest BCUT2D eigenvalue weighted by Gasteiger charge is -2.09. The van der Waals surface area contributed by atoms with Gasteiger partial charge in [-0.2, -0.15) is 13.2 Å². The van der Waals surface area contributed by atoms with Crippen LogP contribution in [-0.4, -0.2) is 30.0 Å². The highest BCUT2D eigenvalue weighted by Crippen LogP contribution is 2.21. The Morgan fingerprint density at radius 3 is 2.53 bits per heavy atom. The Hall–Kier alpha value is -1.77. The van der Waals surface area contributed by atoms with Crippen LogP contribution in [0.25, 0.3) is 0 Å². The number of amides is 1. The molecule has 1 rings (SSSR count). The van der Waals surface area contributed by atoms with Gasteiger partial charge in [-0.05, 0) is 34.1 Å². The molecule has 0 heterocycles. The highest BCUT2D eigenvalue weighted by Gasteiger charge is 2.29. The Balaban J connectivity index is 2.70. The molecule has 9 heteroatoms. The lowest BCUT2D eigenvalue weighted by molar-refractivity contribution is -0.159. The number of carbonyl (C=O) groups excluding carboxylic acids is 1. The zero-order valence-corrected chi connectivity index (χ0v) is 10.7. The third-order valence-corrected chi connectivity index (χ3v) is 2.50. The summed E-state index contributed by atoms with van der Waals surface area (Å²) in [4.78, 5) is 21.8. The van der Waals surface area contributed by atoms with Gasteiger partial charge in [0, 0.05) is 10.2 Å². The Morgan fingerprint density at radius 1 is 1.37 bits per heavy atom. The normalized spacial score (nSPS) is 10.9. The molecule has 0 bridgehead atoms. The molecular formula is C10H7BrF3NO4. The predicted molar refractivity (Wildman–Crippen MR) is 62.1 cm³/mol. The monoisotopic (exact) mass is 341 g/mol. The summed E-state index contributed by atoms with van der Waals surface area (Å²) < 4.78 is 39.5. The summed E-state index contributed by atoms with van der Waals surface area (Å²) >= 11 is 2.98. The molecule has 0 saturated heterocycles. The molecule has 0 aliphatic carbocycles. The minimum Gasteiger partial charge on any atom is -0.478 e. The van der Waals surface area contributed by atoms with Crippen LogP contribution in [0.3, 0.4) is 0 Å². The quantitative estimate of drug-likeness (QED) is 0.884. The molecule has 0 spiro atoms. The molecule has 5 nitrogen and oxygen atoms in total. The number of carboxylic acid groups (broad SMARTS) is 1. The molecule has 104 valence electrons. The summed E-state index contributed by atoms with van der Waals surface area (Å²) in [6.07, 6.45) is -5.94. The second-order valence-corrected chi connectivity index (χ2v) is 4.17. The maximum Gasteiger partial charge on any atom is 0.422 e. The average molecular weight is 342 g/mol. The van der Waals surface area contributed by atoms with Crippen LogP contribution in [0.4, 0.5) is 23.7 Å². The van der Waals surface area contributed by atoms with Crippen LogP contribution < -0.4 is 5.32 Å². The zero-order valence-electron chi connectivity index (χ0n) is 9.12. The highest BCUT2D eigenvalue weighted by molar-refractivity contribution is 9.10. The Labute approximate surface area is 113 Å². The summed E-state index contributed by atoms with van der Waals surface area (Å²) in [7, 11) is 0. The second-order valence-electron chi connectivity index (χ2n) is 3.32. The number of halogens is 4. The smallest absolute Gasteiger partial charge is 0.422 e. The van der Waals surface area contributed by atoms with Crippen molar-refractivity contribution in [3.63, 3.8) is 0 Å². The Kier molecular flexibility index (Phi) is 4.76. The van der Waals surface area contributed by atoms with E-state index in [-0.39, 0.29) is 15.7 Å². The minimum atomic E-state index is -4.62. The Morgan fingerprint density at radius 2 is 2.00 bits per heavy atom. The fourth-order valence-electron chi connectivity index (χ4n) is 1.07. The van der Waals surface area contributed by atoms with E-state index < -0.39 is 24.8 Å². The first-order valence-electron chi connectivity index (χ1n) is 4.72. The van der Waals surface area contributed by atoms with Crippen molar-refractivity contribution in [1.82, 2.24) is 0 Å². The molecule has 19 heavy (non-hydrogen) atoms. The molecule has 1 aromatic carbocycles. The van der Waals surface area contributed by atoms with Gasteiger partial charge in [0.2, 0.25) is 0 Å². The molecule has 1 amide bonds. The SMILES string of the molecule is O=C(Nc1ccc(Br)c(C(=O)O)c1)OCC(F)(F)F. The Bertz CT molecular complexity index is 504. The van der Waals surface area contributed by atoms with Crippen molar-refractivity contribution < 1.29 is 32.6 Å². The first-order valence-corrected chi connectivity index (χ1v) is 5.52. The molecule has 0 radical (unpaired) electrons. The lowest BCUT2D eigenvalue weighted by atomic mass is 10.2. The number of aromatic carboxylic acids is 1. The van der Waals surface area contributed by atoms with E-state index >= 15 is 0 Å². The van der Waals surface area contributed by atoms with Crippen molar-refractivity contribution in [2.45, 2.75) is 6.18 Å². The molecule has 1 aromatic rings. The van der Waals surface area contributed by atoms with Crippen LogP contribution in [0.2, 0.25) is 0 Å². The van der Waals surface area contributed by atoms with Gasteiger partial charge in [0.1, 0.15) is 0 Å². The molecule has 0 aliphatic heterocycles. The number of hydrogen-bond acceptors (Lipinski definition) is 3. The summed E-state index contributed by atoms with van der Waals surface area (Å²) in [6.45, 7) is -1.72. The third kappa shape index (κ3) is 5.16. The van der Waals surface area contributed by atoms with Crippen molar-refractivity contribution in [3.8, 4) is 0 Å². The van der Waals surface area contributed by atoms with E-state index in [0.717, 1.165) is 6.07 Å². The van der Waals surface area contributed by atoms with Crippen molar-refractivity contribution >= 4 is 33.7 Å². The first-order chi connectivity index (χ1) is 8.69. The second kappa shape index (κ2) is 5.91. The van der Waals surface area contributed by atoms with Gasteiger partial charge in [0.15, 0.2) is 6.61 Å². The fourth-order valence-corrected chi connectivity index (χ4v) is 1.48. The molecule has 0 unspecified atom stereocenters. The predicted octanol–water partition coefficient (Wildman–Crippen LogP) is 3.26. The number of nitrogens with one attached hydrogen (secondary N) is 1. The van der Waals surface area contributed by atoms with Crippen LogP contribution in [0.5, 0.6) is 0 Å². The van der Waals surface area contributed by atoms with E-state index in [1.165, 1.54) is 12.1 Å². The van der Waals surface area contributed by atoms with Crippen molar-refractivity contribution in [2.24, 2.45) is 0 Å². The number of benzene rings is 1. The lowest BCUT2D eigenvalue weighted by Crippen LogP contribution is -2.23. The van der Waals surface area contributed by atoms with Crippen molar-refractivity contribution in [1.29, 1.82) is 0 Å². The number of hydrogen-bond donors (Lipinski definition) is 2. The third-order valence-electron chi connectivity index (χ3n) is 1.81. The maximum atomic E-state index is 11.8. The first kappa shape index (κ1) is 15.3. The molecular weight excluding hydrogens is 335 g/mol. The summed E-state index contributed by atoms with van der Waals surface area (Å²) in [5.74, 6) is -1.25. The van der Waals surface area contributed by atoms with Gasteiger partial charge in [-0.1, -0.05) is 0 Å². The van der Waals surface area contributed by atoms with Crippen LogP contribution in [0.15, 0.2) is 22.7 Å². The topological polar surface area (TPSA) is 75.6 Å². The maximum absolute atomic E-state index is 11.8. The van der Waals surface area contributed by atoms with Gasteiger partial charge < -0.3 is 9.84 Å². The van der Waals surface area contributed by atoms with E-state index in [9.17, 15) is 22.8 Å². The van der Waals surface area contributed by atoms with Crippen LogP contribution >= 0.6 is 15.9 Å². The number of carboxylic acids is 1. The summed E-state index contributed by atoms with van der Waals surface area (Å²) in [6, 6.07) is 3.73. The van der Waals surface area contributed by atoms with Crippen molar-refractivity contribution in [2.75, 3.05) is 11.9 Å². The van der Waals surface area contributed by atoms with Crippen LogP contribution in [0.1, 0.15) is 10.4 Å². The number of ether oxygens (including phenoxy) is 1. The van der Waals surface area contributed by atoms with Gasteiger partial charge >= 0.3 is 18.2 Å². The van der Waals surface area contributed by atoms with Crippen molar-refractivity contribution in [3.05, 3.63) is 28.2 Å². The summed E-state index contributed by atoms with van der Waals surface area (Å²) in [5.41, 5.74) is -0.138.